The molecule has 0 saturated heterocycles. The van der Waals surface area contributed by atoms with E-state index in [4.69, 9.17) is 0 Å². The molecule has 2 rings (SSSR count). The van der Waals surface area contributed by atoms with Crippen LogP contribution in [0.3, 0.4) is 0 Å². The molecule has 2 aromatic carbocycles. The first-order valence-corrected chi connectivity index (χ1v) is 16.7. The lowest BCUT2D eigenvalue weighted by molar-refractivity contribution is 0.103. The lowest BCUT2D eigenvalue weighted by Gasteiger charge is -2.22. The van der Waals surface area contributed by atoms with Crippen LogP contribution in [0.25, 0.3) is 0 Å². The first kappa shape index (κ1) is 33.9. The van der Waals surface area contributed by atoms with Crippen molar-refractivity contribution < 1.29 is 15.0 Å². The second kappa shape index (κ2) is 18.2. The van der Waals surface area contributed by atoms with Crippen LogP contribution in [0.4, 0.5) is 0 Å². The van der Waals surface area contributed by atoms with Gasteiger partial charge in [0.1, 0.15) is 11.5 Å². The highest BCUT2D eigenvalue weighted by Crippen LogP contribution is 2.38. The molecule has 0 unspecified atom stereocenters. The van der Waals surface area contributed by atoms with Crippen molar-refractivity contribution in [3.8, 4) is 11.5 Å². The minimum atomic E-state index is 0.0863. The molecule has 0 radical (unpaired) electrons. The average Bonchev–Trinajstić information content (AvgIpc) is 2.96. The molecule has 0 heterocycles. The molecule has 3 nitrogen and oxygen atoms in total. The zero-order valence-electron chi connectivity index (χ0n) is 26.7. The summed E-state index contributed by atoms with van der Waals surface area (Å²) in [5, 5.41) is 22.9. The molecule has 3 heteroatoms. The Kier molecular flexibility index (Phi) is 15.4. The van der Waals surface area contributed by atoms with Gasteiger partial charge in [-0.15, -0.1) is 0 Å². The fraction of sp³-hybridized carbons (Fsp3) is 0.649. The van der Waals surface area contributed by atoms with Gasteiger partial charge in [-0.2, -0.15) is 0 Å². The average molecular weight is 551 g/mol. The van der Waals surface area contributed by atoms with Crippen LogP contribution >= 0.6 is 0 Å². The Bertz CT molecular complexity index is 983. The summed E-state index contributed by atoms with van der Waals surface area (Å²) in [6, 6.07) is 4.06. The minimum Gasteiger partial charge on any atom is -0.507 e. The molecule has 0 amide bonds. The van der Waals surface area contributed by atoms with E-state index in [1.807, 2.05) is 12.1 Å². The van der Waals surface area contributed by atoms with Crippen molar-refractivity contribution in [2.45, 2.75) is 157 Å². The number of hydrogen-bond acceptors (Lipinski definition) is 3. The van der Waals surface area contributed by atoms with E-state index >= 15 is 0 Å². The van der Waals surface area contributed by atoms with Gasteiger partial charge in [0.2, 0.25) is 0 Å². The molecule has 0 atom stereocenters. The van der Waals surface area contributed by atoms with Crippen molar-refractivity contribution in [2.75, 3.05) is 0 Å². The van der Waals surface area contributed by atoms with E-state index in [1.54, 1.807) is 0 Å². The molecule has 224 valence electrons. The maximum atomic E-state index is 14.8. The standard InChI is InChI=1S/C37H58O3/c1-7-13-19-27-25-33(29(21-15-9-3)31(35(27)38)23-17-11-5)37(40)34-26-28(20-14-8-2)36(39)32(24-18-12-6)30(34)22-16-10-4/h25-26,38-39H,7-24H2,1-6H3. The van der Waals surface area contributed by atoms with Crippen LogP contribution in [0.15, 0.2) is 12.1 Å². The van der Waals surface area contributed by atoms with E-state index in [0.717, 1.165) is 160 Å². The smallest absolute Gasteiger partial charge is 0.193 e. The predicted molar refractivity (Wildman–Crippen MR) is 171 cm³/mol. The van der Waals surface area contributed by atoms with Gasteiger partial charge in [-0.25, -0.2) is 0 Å². The van der Waals surface area contributed by atoms with Crippen molar-refractivity contribution in [1.29, 1.82) is 0 Å². The summed E-state index contributed by atoms with van der Waals surface area (Å²) in [6.45, 7) is 13.1. The van der Waals surface area contributed by atoms with Crippen LogP contribution in [0.2, 0.25) is 0 Å². The zero-order chi connectivity index (χ0) is 29.5. The van der Waals surface area contributed by atoms with E-state index in [1.165, 1.54) is 0 Å². The van der Waals surface area contributed by atoms with Gasteiger partial charge in [-0.1, -0.05) is 80.1 Å². The van der Waals surface area contributed by atoms with Crippen LogP contribution in [-0.2, 0) is 38.5 Å². The first-order chi connectivity index (χ1) is 19.4. The van der Waals surface area contributed by atoms with Gasteiger partial charge in [-0.05, 0) is 123 Å². The van der Waals surface area contributed by atoms with Crippen LogP contribution in [0.1, 0.15) is 168 Å². The molecule has 0 spiro atoms. The summed E-state index contributed by atoms with van der Waals surface area (Å²) in [6.07, 6.45) is 17.1. The van der Waals surface area contributed by atoms with Crippen LogP contribution in [0.5, 0.6) is 11.5 Å². The van der Waals surface area contributed by atoms with Crippen molar-refractivity contribution in [3.63, 3.8) is 0 Å². The van der Waals surface area contributed by atoms with Crippen molar-refractivity contribution in [1.82, 2.24) is 0 Å². The van der Waals surface area contributed by atoms with E-state index in [9.17, 15) is 15.0 Å². The number of ketones is 1. The Hall–Kier alpha value is -2.29. The molecule has 40 heavy (non-hydrogen) atoms. The highest BCUT2D eigenvalue weighted by atomic mass is 16.3. The Morgan fingerprint density at radius 2 is 0.750 bits per heavy atom. The highest BCUT2D eigenvalue weighted by Gasteiger charge is 2.26. The Labute approximate surface area is 245 Å². The first-order valence-electron chi connectivity index (χ1n) is 16.7. The molecular formula is C37H58O3. The van der Waals surface area contributed by atoms with Gasteiger partial charge in [0.25, 0.3) is 0 Å². The van der Waals surface area contributed by atoms with E-state index in [0.29, 0.717) is 11.5 Å². The normalized spacial score (nSPS) is 11.3. The third-order valence-corrected chi connectivity index (χ3v) is 8.41. The number of unbranched alkanes of at least 4 members (excludes halogenated alkanes) is 6. The summed E-state index contributed by atoms with van der Waals surface area (Å²) in [5.74, 6) is 0.936. The lowest BCUT2D eigenvalue weighted by Crippen LogP contribution is -2.15. The Balaban J connectivity index is 2.88. The Morgan fingerprint density at radius 3 is 1.05 bits per heavy atom. The molecule has 0 aromatic heterocycles. The van der Waals surface area contributed by atoms with Crippen LogP contribution < -0.4 is 0 Å². The van der Waals surface area contributed by atoms with Gasteiger partial charge in [0.05, 0.1) is 0 Å². The highest BCUT2D eigenvalue weighted by molar-refractivity contribution is 6.11. The number of carbonyl (C=O) groups is 1. The summed E-state index contributed by atoms with van der Waals surface area (Å²) >= 11 is 0. The molecule has 2 N–H and O–H groups in total. The van der Waals surface area contributed by atoms with Crippen LogP contribution in [-0.4, -0.2) is 16.0 Å². The largest absolute Gasteiger partial charge is 0.507 e. The van der Waals surface area contributed by atoms with E-state index < -0.39 is 0 Å². The number of rotatable bonds is 20. The molecule has 0 aliphatic carbocycles. The van der Waals surface area contributed by atoms with Crippen molar-refractivity contribution >= 4 is 5.78 Å². The molecule has 0 aliphatic heterocycles. The number of aryl methyl sites for hydroxylation is 2. The maximum absolute atomic E-state index is 14.8. The second-order valence-electron chi connectivity index (χ2n) is 11.7. The third-order valence-electron chi connectivity index (χ3n) is 8.41. The summed E-state index contributed by atoms with van der Waals surface area (Å²) in [4.78, 5) is 14.8. The van der Waals surface area contributed by atoms with Gasteiger partial charge in [0, 0.05) is 11.1 Å². The summed E-state index contributed by atoms with van der Waals surface area (Å²) < 4.78 is 0. The monoisotopic (exact) mass is 550 g/mol. The number of aromatic hydroxyl groups is 2. The number of carbonyl (C=O) groups excluding carboxylic acids is 1. The van der Waals surface area contributed by atoms with Gasteiger partial charge in [-0.3, -0.25) is 4.79 Å². The van der Waals surface area contributed by atoms with Crippen molar-refractivity contribution in [3.05, 3.63) is 56.6 Å². The van der Waals surface area contributed by atoms with Gasteiger partial charge >= 0.3 is 0 Å². The number of benzene rings is 2. The molecular weight excluding hydrogens is 492 g/mol. The number of phenols is 2. The fourth-order valence-corrected chi connectivity index (χ4v) is 5.85. The molecule has 0 aliphatic rings. The fourth-order valence-electron chi connectivity index (χ4n) is 5.85. The second-order valence-corrected chi connectivity index (χ2v) is 11.7. The van der Waals surface area contributed by atoms with Crippen molar-refractivity contribution in [2.24, 2.45) is 0 Å². The summed E-state index contributed by atoms with van der Waals surface area (Å²) in [5.41, 5.74) is 7.52. The zero-order valence-corrected chi connectivity index (χ0v) is 26.7. The molecule has 2 aromatic rings. The van der Waals surface area contributed by atoms with Gasteiger partial charge < -0.3 is 10.2 Å². The van der Waals surface area contributed by atoms with E-state index in [-0.39, 0.29) is 5.78 Å². The van der Waals surface area contributed by atoms with E-state index in [2.05, 4.69) is 41.5 Å². The SMILES string of the molecule is CCCCc1cc(C(=O)c2cc(CCCC)c(O)c(CCCC)c2CCCC)c(CCCC)c(CCCC)c1O. The van der Waals surface area contributed by atoms with Crippen LogP contribution in [0, 0.1) is 0 Å². The minimum absolute atomic E-state index is 0.0863. The Morgan fingerprint density at radius 1 is 0.475 bits per heavy atom. The summed E-state index contributed by atoms with van der Waals surface area (Å²) in [7, 11) is 0. The quantitative estimate of drug-likeness (QED) is 0.161. The number of phenolic OH excluding ortho intramolecular Hbond substituents is 2. The third kappa shape index (κ3) is 8.85. The molecule has 0 saturated carbocycles. The maximum Gasteiger partial charge on any atom is 0.193 e. The van der Waals surface area contributed by atoms with Gasteiger partial charge in [0.15, 0.2) is 5.78 Å². The lowest BCUT2D eigenvalue weighted by atomic mass is 9.82. The molecule has 0 fully saturated rings. The molecule has 0 bridgehead atoms. The predicted octanol–water partition coefficient (Wildman–Crippen LogP) is 10.4. The number of hydrogen-bond donors (Lipinski definition) is 2. The topological polar surface area (TPSA) is 57.5 Å².